The van der Waals surface area contributed by atoms with Crippen LogP contribution in [0.5, 0.6) is 0 Å². The summed E-state index contributed by atoms with van der Waals surface area (Å²) in [7, 11) is 0. The lowest BCUT2D eigenvalue weighted by Crippen LogP contribution is -2.21. The molecule has 0 amide bonds. The van der Waals surface area contributed by atoms with Crippen LogP contribution in [0.25, 0.3) is 0 Å². The Bertz CT molecular complexity index is 529. The molecule has 0 nitrogen and oxygen atoms in total. The van der Waals surface area contributed by atoms with Crippen molar-refractivity contribution in [1.82, 2.24) is 0 Å². The van der Waals surface area contributed by atoms with Crippen LogP contribution in [0, 0.1) is 5.82 Å². The predicted molar refractivity (Wildman–Crippen MR) is 70.0 cm³/mol. The second-order valence-electron chi connectivity index (χ2n) is 4.67. The molecule has 0 bridgehead atoms. The molecule has 20 heavy (non-hydrogen) atoms. The third-order valence-corrected chi connectivity index (χ3v) is 3.23. The van der Waals surface area contributed by atoms with Gasteiger partial charge in [-0.3, -0.25) is 0 Å². The summed E-state index contributed by atoms with van der Waals surface area (Å²) in [6.45, 7) is 0. The van der Waals surface area contributed by atoms with Crippen molar-refractivity contribution in [3.63, 3.8) is 0 Å². The summed E-state index contributed by atoms with van der Waals surface area (Å²) in [5.74, 6) is -2.10. The average molecular weight is 282 g/mol. The molecule has 2 aromatic rings. The first-order chi connectivity index (χ1) is 9.47. The van der Waals surface area contributed by atoms with Crippen LogP contribution in [-0.2, 0) is 6.42 Å². The van der Waals surface area contributed by atoms with Crippen molar-refractivity contribution in [2.24, 2.45) is 0 Å². The second kappa shape index (κ2) is 6.07. The SMILES string of the molecule is Fc1ccc(C(CCc2ccccc2)C(F)(F)F)cc1. The van der Waals surface area contributed by atoms with Crippen molar-refractivity contribution >= 4 is 0 Å². The predicted octanol–water partition coefficient (Wildman–Crippen LogP) is 5.10. The molecule has 0 radical (unpaired) electrons. The summed E-state index contributed by atoms with van der Waals surface area (Å²) >= 11 is 0. The van der Waals surface area contributed by atoms with Crippen LogP contribution < -0.4 is 0 Å². The number of benzene rings is 2. The zero-order valence-electron chi connectivity index (χ0n) is 10.7. The number of hydrogen-bond acceptors (Lipinski definition) is 0. The first-order valence-electron chi connectivity index (χ1n) is 6.33. The Labute approximate surface area is 115 Å². The Balaban J connectivity index is 2.14. The van der Waals surface area contributed by atoms with E-state index in [2.05, 4.69) is 0 Å². The lowest BCUT2D eigenvalue weighted by atomic mass is 9.92. The van der Waals surface area contributed by atoms with Gasteiger partial charge in [0.05, 0.1) is 5.92 Å². The van der Waals surface area contributed by atoms with Crippen molar-refractivity contribution < 1.29 is 17.6 Å². The zero-order valence-corrected chi connectivity index (χ0v) is 10.7. The number of rotatable bonds is 4. The molecule has 1 unspecified atom stereocenters. The quantitative estimate of drug-likeness (QED) is 0.684. The molecule has 0 aliphatic carbocycles. The molecular formula is C16H14F4. The Hall–Kier alpha value is -1.84. The largest absolute Gasteiger partial charge is 0.395 e. The highest BCUT2D eigenvalue weighted by Gasteiger charge is 2.40. The van der Waals surface area contributed by atoms with E-state index in [0.717, 1.165) is 17.7 Å². The monoisotopic (exact) mass is 282 g/mol. The molecule has 0 aliphatic rings. The maximum Gasteiger partial charge on any atom is 0.395 e. The van der Waals surface area contributed by atoms with Gasteiger partial charge >= 0.3 is 6.18 Å². The molecule has 0 saturated carbocycles. The summed E-state index contributed by atoms with van der Waals surface area (Å²) in [5, 5.41) is 0. The highest BCUT2D eigenvalue weighted by molar-refractivity contribution is 5.23. The Morgan fingerprint density at radius 3 is 2.00 bits per heavy atom. The normalized spacial score (nSPS) is 13.2. The molecule has 2 aromatic carbocycles. The van der Waals surface area contributed by atoms with Crippen LogP contribution in [0.2, 0.25) is 0 Å². The van der Waals surface area contributed by atoms with Gasteiger partial charge in [-0.2, -0.15) is 13.2 Å². The molecule has 106 valence electrons. The molecule has 1 atom stereocenters. The molecule has 2 rings (SSSR count). The van der Waals surface area contributed by atoms with Gasteiger partial charge in [-0.25, -0.2) is 4.39 Å². The van der Waals surface area contributed by atoms with Crippen LogP contribution in [0.4, 0.5) is 17.6 Å². The van der Waals surface area contributed by atoms with Crippen LogP contribution >= 0.6 is 0 Å². The number of hydrogen-bond donors (Lipinski definition) is 0. The van der Waals surface area contributed by atoms with Crippen LogP contribution in [0.3, 0.4) is 0 Å². The van der Waals surface area contributed by atoms with E-state index in [0.29, 0.717) is 6.42 Å². The number of halogens is 4. The minimum Gasteiger partial charge on any atom is -0.207 e. The summed E-state index contributed by atoms with van der Waals surface area (Å²) in [6.07, 6.45) is -4.03. The molecule has 0 aliphatic heterocycles. The Morgan fingerprint density at radius 2 is 1.45 bits per heavy atom. The molecule has 0 fully saturated rings. The average Bonchev–Trinajstić information content (AvgIpc) is 2.41. The van der Waals surface area contributed by atoms with Gasteiger partial charge in [0, 0.05) is 0 Å². The summed E-state index contributed by atoms with van der Waals surface area (Å²) in [6, 6.07) is 13.6. The fourth-order valence-corrected chi connectivity index (χ4v) is 2.17. The molecule has 0 aromatic heterocycles. The summed E-state index contributed by atoms with van der Waals surface area (Å²) < 4.78 is 52.2. The first-order valence-corrected chi connectivity index (χ1v) is 6.33. The van der Waals surface area contributed by atoms with E-state index >= 15 is 0 Å². The zero-order chi connectivity index (χ0) is 14.6. The molecule has 0 spiro atoms. The standard InChI is InChI=1S/C16H14F4/c17-14-9-7-13(8-10-14)15(16(18,19)20)11-6-12-4-2-1-3-5-12/h1-5,7-10,15H,6,11H2. The van der Waals surface area contributed by atoms with Crippen molar-refractivity contribution in [1.29, 1.82) is 0 Å². The van der Waals surface area contributed by atoms with Gasteiger partial charge in [-0.05, 0) is 36.1 Å². The minimum absolute atomic E-state index is 0.0425. The fraction of sp³-hybridized carbons (Fsp3) is 0.250. The van der Waals surface area contributed by atoms with E-state index in [9.17, 15) is 17.6 Å². The van der Waals surface area contributed by atoms with Crippen molar-refractivity contribution in [3.05, 3.63) is 71.5 Å². The van der Waals surface area contributed by atoms with Gasteiger partial charge in [0.1, 0.15) is 5.82 Å². The second-order valence-corrected chi connectivity index (χ2v) is 4.67. The van der Waals surface area contributed by atoms with Crippen LogP contribution in [0.1, 0.15) is 23.5 Å². The summed E-state index contributed by atoms with van der Waals surface area (Å²) in [4.78, 5) is 0. The van der Waals surface area contributed by atoms with Gasteiger partial charge in [-0.1, -0.05) is 42.5 Å². The Morgan fingerprint density at radius 1 is 0.850 bits per heavy atom. The van der Waals surface area contributed by atoms with E-state index in [1.54, 1.807) is 24.3 Å². The van der Waals surface area contributed by atoms with Gasteiger partial charge in [-0.15, -0.1) is 0 Å². The van der Waals surface area contributed by atoms with E-state index in [-0.39, 0.29) is 12.0 Å². The molecular weight excluding hydrogens is 268 g/mol. The van der Waals surface area contributed by atoms with E-state index < -0.39 is 17.9 Å². The van der Waals surface area contributed by atoms with Crippen molar-refractivity contribution in [3.8, 4) is 0 Å². The first kappa shape index (κ1) is 14.6. The van der Waals surface area contributed by atoms with Gasteiger partial charge in [0.15, 0.2) is 0 Å². The maximum absolute atomic E-state index is 13.1. The summed E-state index contributed by atoms with van der Waals surface area (Å²) in [5.41, 5.74) is 0.971. The molecule has 0 saturated heterocycles. The lowest BCUT2D eigenvalue weighted by molar-refractivity contribution is -0.151. The third kappa shape index (κ3) is 3.83. The van der Waals surface area contributed by atoms with Gasteiger partial charge in [0.25, 0.3) is 0 Å². The van der Waals surface area contributed by atoms with Gasteiger partial charge in [0.2, 0.25) is 0 Å². The van der Waals surface area contributed by atoms with E-state index in [1.165, 1.54) is 12.1 Å². The maximum atomic E-state index is 13.1. The van der Waals surface area contributed by atoms with Crippen LogP contribution in [-0.4, -0.2) is 6.18 Å². The molecule has 0 heterocycles. The van der Waals surface area contributed by atoms with Gasteiger partial charge < -0.3 is 0 Å². The highest BCUT2D eigenvalue weighted by Crippen LogP contribution is 2.38. The lowest BCUT2D eigenvalue weighted by Gasteiger charge is -2.20. The molecule has 4 heteroatoms. The number of alkyl halides is 3. The van der Waals surface area contributed by atoms with Crippen molar-refractivity contribution in [2.75, 3.05) is 0 Å². The highest BCUT2D eigenvalue weighted by atomic mass is 19.4. The Kier molecular flexibility index (Phi) is 4.42. The van der Waals surface area contributed by atoms with Crippen molar-refractivity contribution in [2.45, 2.75) is 24.9 Å². The van der Waals surface area contributed by atoms with E-state index in [1.807, 2.05) is 6.07 Å². The fourth-order valence-electron chi connectivity index (χ4n) is 2.17. The topological polar surface area (TPSA) is 0 Å². The molecule has 0 N–H and O–H groups in total. The number of aryl methyl sites for hydroxylation is 1. The van der Waals surface area contributed by atoms with E-state index in [4.69, 9.17) is 0 Å². The minimum atomic E-state index is -4.33. The smallest absolute Gasteiger partial charge is 0.207 e. The van der Waals surface area contributed by atoms with Crippen LogP contribution in [0.15, 0.2) is 54.6 Å². The third-order valence-electron chi connectivity index (χ3n) is 3.23.